The van der Waals surface area contributed by atoms with Gasteiger partial charge in [0.05, 0.1) is 5.56 Å². The molecule has 0 saturated carbocycles. The first kappa shape index (κ1) is 12.1. The number of aryl methyl sites for hydroxylation is 1. The van der Waals surface area contributed by atoms with Gasteiger partial charge in [0, 0.05) is 6.92 Å². The summed E-state index contributed by atoms with van der Waals surface area (Å²) < 4.78 is 4.98. The van der Waals surface area contributed by atoms with E-state index in [1.165, 1.54) is 6.92 Å². The standard InChI is InChI=1S/C14H12O4/c1-8-12-6-4-11(18-9(2)15)7-10(12)3-5-13(8)14(16)17/h3-7H,1-2H3,(H,16,17). The fourth-order valence-electron chi connectivity index (χ4n) is 1.92. The van der Waals surface area contributed by atoms with E-state index in [0.717, 1.165) is 10.8 Å². The first-order valence-electron chi connectivity index (χ1n) is 5.44. The predicted octanol–water partition coefficient (Wildman–Crippen LogP) is 2.77. The Morgan fingerprint density at radius 3 is 2.50 bits per heavy atom. The Labute approximate surface area is 104 Å². The number of carbonyl (C=O) groups is 2. The van der Waals surface area contributed by atoms with Gasteiger partial charge < -0.3 is 9.84 Å². The van der Waals surface area contributed by atoms with Gasteiger partial charge in [-0.3, -0.25) is 4.79 Å². The second-order valence-electron chi connectivity index (χ2n) is 4.02. The lowest BCUT2D eigenvalue weighted by Crippen LogP contribution is -2.02. The van der Waals surface area contributed by atoms with Gasteiger partial charge in [-0.05, 0) is 41.5 Å². The lowest BCUT2D eigenvalue weighted by Gasteiger charge is -2.08. The molecule has 0 aliphatic carbocycles. The lowest BCUT2D eigenvalue weighted by atomic mass is 10.00. The molecular weight excluding hydrogens is 232 g/mol. The van der Waals surface area contributed by atoms with Gasteiger partial charge in [0.2, 0.25) is 0 Å². The zero-order valence-electron chi connectivity index (χ0n) is 10.1. The number of benzene rings is 2. The number of ether oxygens (including phenoxy) is 1. The van der Waals surface area contributed by atoms with Crippen molar-refractivity contribution in [1.82, 2.24) is 0 Å². The van der Waals surface area contributed by atoms with E-state index in [1.54, 1.807) is 37.3 Å². The van der Waals surface area contributed by atoms with Crippen molar-refractivity contribution >= 4 is 22.7 Å². The van der Waals surface area contributed by atoms with E-state index in [0.29, 0.717) is 11.3 Å². The van der Waals surface area contributed by atoms with Crippen LogP contribution < -0.4 is 4.74 Å². The summed E-state index contributed by atoms with van der Waals surface area (Å²) >= 11 is 0. The average molecular weight is 244 g/mol. The molecule has 0 aliphatic rings. The number of carboxylic acids is 1. The minimum absolute atomic E-state index is 0.280. The number of aromatic carboxylic acids is 1. The molecule has 0 fully saturated rings. The molecule has 0 amide bonds. The quantitative estimate of drug-likeness (QED) is 0.651. The molecule has 2 aromatic rings. The Kier molecular flexibility index (Phi) is 3.02. The van der Waals surface area contributed by atoms with E-state index in [9.17, 15) is 9.59 Å². The van der Waals surface area contributed by atoms with Crippen LogP contribution in [0.5, 0.6) is 5.75 Å². The molecule has 0 aromatic heterocycles. The summed E-state index contributed by atoms with van der Waals surface area (Å²) in [6, 6.07) is 8.39. The molecular formula is C14H12O4. The Hall–Kier alpha value is -2.36. The van der Waals surface area contributed by atoms with Crippen molar-refractivity contribution in [2.75, 3.05) is 0 Å². The summed E-state index contributed by atoms with van der Waals surface area (Å²) in [6.45, 7) is 3.10. The number of rotatable bonds is 2. The maximum atomic E-state index is 11.0. The summed E-state index contributed by atoms with van der Waals surface area (Å²) in [4.78, 5) is 21.9. The molecule has 18 heavy (non-hydrogen) atoms. The normalized spacial score (nSPS) is 10.3. The number of hydrogen-bond donors (Lipinski definition) is 1. The summed E-state index contributed by atoms with van der Waals surface area (Å²) in [7, 11) is 0. The third kappa shape index (κ3) is 2.18. The van der Waals surface area contributed by atoms with Crippen LogP contribution in [0.1, 0.15) is 22.8 Å². The fourth-order valence-corrected chi connectivity index (χ4v) is 1.92. The highest BCUT2D eigenvalue weighted by Gasteiger charge is 2.10. The van der Waals surface area contributed by atoms with Gasteiger partial charge in [0.1, 0.15) is 5.75 Å². The SMILES string of the molecule is CC(=O)Oc1ccc2c(C)c(C(=O)O)ccc2c1. The first-order valence-corrected chi connectivity index (χ1v) is 5.44. The van der Waals surface area contributed by atoms with Gasteiger partial charge in [-0.15, -0.1) is 0 Å². The van der Waals surface area contributed by atoms with E-state index in [-0.39, 0.29) is 11.5 Å². The Balaban J connectivity index is 2.57. The molecule has 1 N–H and O–H groups in total. The second kappa shape index (κ2) is 4.49. The van der Waals surface area contributed by atoms with E-state index in [2.05, 4.69) is 0 Å². The zero-order valence-corrected chi connectivity index (χ0v) is 10.1. The summed E-state index contributed by atoms with van der Waals surface area (Å²) in [5.41, 5.74) is 0.983. The van der Waals surface area contributed by atoms with Crippen molar-refractivity contribution in [3.05, 3.63) is 41.5 Å². The second-order valence-corrected chi connectivity index (χ2v) is 4.02. The highest BCUT2D eigenvalue weighted by Crippen LogP contribution is 2.26. The average Bonchev–Trinajstić information content (AvgIpc) is 2.27. The van der Waals surface area contributed by atoms with Crippen molar-refractivity contribution < 1.29 is 19.4 Å². The van der Waals surface area contributed by atoms with Crippen molar-refractivity contribution in [1.29, 1.82) is 0 Å². The van der Waals surface area contributed by atoms with Crippen LogP contribution in [0.15, 0.2) is 30.3 Å². The number of hydrogen-bond acceptors (Lipinski definition) is 3. The third-order valence-corrected chi connectivity index (χ3v) is 2.75. The third-order valence-electron chi connectivity index (χ3n) is 2.75. The molecule has 0 saturated heterocycles. The molecule has 0 heterocycles. The number of esters is 1. The maximum absolute atomic E-state index is 11.0. The first-order chi connectivity index (χ1) is 8.49. The van der Waals surface area contributed by atoms with Gasteiger partial charge in [-0.2, -0.15) is 0 Å². The summed E-state index contributed by atoms with van der Waals surface area (Å²) in [5.74, 6) is -0.871. The molecule has 4 heteroatoms. The topological polar surface area (TPSA) is 63.6 Å². The van der Waals surface area contributed by atoms with Gasteiger partial charge in [0.15, 0.2) is 0 Å². The van der Waals surface area contributed by atoms with E-state index in [1.807, 2.05) is 0 Å². The Morgan fingerprint density at radius 2 is 1.89 bits per heavy atom. The van der Waals surface area contributed by atoms with Crippen LogP contribution in [0, 0.1) is 6.92 Å². The Morgan fingerprint density at radius 1 is 1.17 bits per heavy atom. The monoisotopic (exact) mass is 244 g/mol. The zero-order chi connectivity index (χ0) is 13.3. The van der Waals surface area contributed by atoms with Gasteiger partial charge in [-0.1, -0.05) is 12.1 Å². The minimum atomic E-state index is -0.946. The van der Waals surface area contributed by atoms with Crippen LogP contribution in [-0.4, -0.2) is 17.0 Å². The molecule has 0 unspecified atom stereocenters. The summed E-state index contributed by atoms with van der Waals surface area (Å²) in [6.07, 6.45) is 0. The smallest absolute Gasteiger partial charge is 0.335 e. The Bertz CT molecular complexity index is 644. The minimum Gasteiger partial charge on any atom is -0.478 e. The number of carbonyl (C=O) groups excluding carboxylic acids is 1. The van der Waals surface area contributed by atoms with E-state index in [4.69, 9.17) is 9.84 Å². The fraction of sp³-hybridized carbons (Fsp3) is 0.143. The van der Waals surface area contributed by atoms with Crippen LogP contribution in [-0.2, 0) is 4.79 Å². The van der Waals surface area contributed by atoms with Gasteiger partial charge in [-0.25, -0.2) is 4.79 Å². The van der Waals surface area contributed by atoms with E-state index < -0.39 is 5.97 Å². The molecule has 0 aliphatic heterocycles. The lowest BCUT2D eigenvalue weighted by molar-refractivity contribution is -0.131. The van der Waals surface area contributed by atoms with Crippen molar-refractivity contribution in [3.63, 3.8) is 0 Å². The van der Waals surface area contributed by atoms with Crippen LogP contribution in [0.3, 0.4) is 0 Å². The molecule has 0 bridgehead atoms. The highest BCUT2D eigenvalue weighted by atomic mass is 16.5. The van der Waals surface area contributed by atoms with Crippen LogP contribution >= 0.6 is 0 Å². The van der Waals surface area contributed by atoms with Crippen LogP contribution in [0.2, 0.25) is 0 Å². The molecule has 2 rings (SSSR count). The largest absolute Gasteiger partial charge is 0.478 e. The number of fused-ring (bicyclic) bond motifs is 1. The van der Waals surface area contributed by atoms with Crippen molar-refractivity contribution in [2.45, 2.75) is 13.8 Å². The molecule has 4 nitrogen and oxygen atoms in total. The molecule has 0 spiro atoms. The van der Waals surface area contributed by atoms with Crippen molar-refractivity contribution in [2.24, 2.45) is 0 Å². The predicted molar refractivity (Wildman–Crippen MR) is 67.0 cm³/mol. The maximum Gasteiger partial charge on any atom is 0.335 e. The van der Waals surface area contributed by atoms with Gasteiger partial charge >= 0.3 is 11.9 Å². The van der Waals surface area contributed by atoms with Gasteiger partial charge in [0.25, 0.3) is 0 Å². The summed E-state index contributed by atoms with van der Waals surface area (Å²) in [5, 5.41) is 10.7. The molecule has 0 radical (unpaired) electrons. The highest BCUT2D eigenvalue weighted by molar-refractivity contribution is 5.98. The number of carboxylic acid groups (broad SMARTS) is 1. The molecule has 2 aromatic carbocycles. The molecule has 92 valence electrons. The van der Waals surface area contributed by atoms with Crippen molar-refractivity contribution in [3.8, 4) is 5.75 Å². The van der Waals surface area contributed by atoms with E-state index >= 15 is 0 Å². The van der Waals surface area contributed by atoms with Crippen LogP contribution in [0.25, 0.3) is 10.8 Å². The van der Waals surface area contributed by atoms with Crippen LogP contribution in [0.4, 0.5) is 0 Å². The molecule has 0 atom stereocenters.